The number of nitrogens with one attached hydrogen (secondary N) is 1. The van der Waals surface area contributed by atoms with E-state index >= 15 is 0 Å². The molecule has 0 radical (unpaired) electrons. The van der Waals surface area contributed by atoms with Crippen LogP contribution >= 0.6 is 0 Å². The van der Waals surface area contributed by atoms with Gasteiger partial charge in [0.05, 0.1) is 7.11 Å². The SMILES string of the molecule is COc1cccc(CNc2ncc(C)c(N(C)C)n2)c1. The monoisotopic (exact) mass is 272 g/mol. The number of hydrogen-bond acceptors (Lipinski definition) is 5. The number of methoxy groups -OCH3 is 1. The third-order valence-electron chi connectivity index (χ3n) is 2.95. The Morgan fingerprint density at radius 3 is 2.80 bits per heavy atom. The molecule has 1 heterocycles. The lowest BCUT2D eigenvalue weighted by Crippen LogP contribution is -2.14. The molecule has 1 N–H and O–H groups in total. The topological polar surface area (TPSA) is 50.3 Å². The summed E-state index contributed by atoms with van der Waals surface area (Å²) in [5, 5.41) is 3.23. The fourth-order valence-corrected chi connectivity index (χ4v) is 1.93. The summed E-state index contributed by atoms with van der Waals surface area (Å²) in [7, 11) is 5.61. The number of benzene rings is 1. The van der Waals surface area contributed by atoms with Gasteiger partial charge in [0.15, 0.2) is 0 Å². The van der Waals surface area contributed by atoms with Crippen LogP contribution in [-0.2, 0) is 6.54 Å². The van der Waals surface area contributed by atoms with Crippen molar-refractivity contribution in [2.24, 2.45) is 0 Å². The highest BCUT2D eigenvalue weighted by atomic mass is 16.5. The first-order valence-electron chi connectivity index (χ1n) is 6.48. The second-order valence-electron chi connectivity index (χ2n) is 4.80. The van der Waals surface area contributed by atoms with Gasteiger partial charge in [-0.3, -0.25) is 0 Å². The van der Waals surface area contributed by atoms with E-state index in [0.29, 0.717) is 12.5 Å². The maximum Gasteiger partial charge on any atom is 0.224 e. The smallest absolute Gasteiger partial charge is 0.224 e. The first-order valence-corrected chi connectivity index (χ1v) is 6.48. The fraction of sp³-hybridized carbons (Fsp3) is 0.333. The second-order valence-corrected chi connectivity index (χ2v) is 4.80. The Kier molecular flexibility index (Phi) is 4.40. The number of aryl methyl sites for hydroxylation is 1. The molecule has 20 heavy (non-hydrogen) atoms. The summed E-state index contributed by atoms with van der Waals surface area (Å²) >= 11 is 0. The molecule has 2 rings (SSSR count). The van der Waals surface area contributed by atoms with Gasteiger partial charge in [0, 0.05) is 32.4 Å². The highest BCUT2D eigenvalue weighted by Gasteiger charge is 2.05. The quantitative estimate of drug-likeness (QED) is 0.906. The van der Waals surface area contributed by atoms with E-state index in [-0.39, 0.29) is 0 Å². The molecule has 0 spiro atoms. The molecule has 0 aliphatic heterocycles. The van der Waals surface area contributed by atoms with Crippen LogP contribution in [0.25, 0.3) is 0 Å². The number of ether oxygens (including phenoxy) is 1. The normalized spacial score (nSPS) is 10.2. The van der Waals surface area contributed by atoms with E-state index in [1.807, 2.05) is 56.4 Å². The maximum absolute atomic E-state index is 5.21. The van der Waals surface area contributed by atoms with E-state index in [0.717, 1.165) is 22.7 Å². The Morgan fingerprint density at radius 1 is 1.30 bits per heavy atom. The van der Waals surface area contributed by atoms with Crippen molar-refractivity contribution >= 4 is 11.8 Å². The van der Waals surface area contributed by atoms with Gasteiger partial charge in [-0.1, -0.05) is 12.1 Å². The molecule has 0 bridgehead atoms. The van der Waals surface area contributed by atoms with Crippen LogP contribution in [0.4, 0.5) is 11.8 Å². The van der Waals surface area contributed by atoms with Gasteiger partial charge in [0.1, 0.15) is 11.6 Å². The van der Waals surface area contributed by atoms with Crippen molar-refractivity contribution in [2.75, 3.05) is 31.4 Å². The largest absolute Gasteiger partial charge is 0.497 e. The lowest BCUT2D eigenvalue weighted by molar-refractivity contribution is 0.414. The molecular formula is C15H20N4O. The number of nitrogens with zero attached hydrogens (tertiary/aromatic N) is 3. The molecule has 5 nitrogen and oxygen atoms in total. The van der Waals surface area contributed by atoms with Crippen LogP contribution in [0, 0.1) is 6.92 Å². The van der Waals surface area contributed by atoms with E-state index in [9.17, 15) is 0 Å². The Morgan fingerprint density at radius 2 is 2.10 bits per heavy atom. The summed E-state index contributed by atoms with van der Waals surface area (Å²) in [4.78, 5) is 10.8. The maximum atomic E-state index is 5.21. The van der Waals surface area contributed by atoms with Gasteiger partial charge in [-0.15, -0.1) is 0 Å². The average Bonchev–Trinajstić information content (AvgIpc) is 2.46. The van der Waals surface area contributed by atoms with Gasteiger partial charge in [0.2, 0.25) is 5.95 Å². The van der Waals surface area contributed by atoms with Crippen LogP contribution < -0.4 is 15.0 Å². The first-order chi connectivity index (χ1) is 9.60. The Hall–Kier alpha value is -2.30. The van der Waals surface area contributed by atoms with Crippen molar-refractivity contribution < 1.29 is 4.74 Å². The Balaban J connectivity index is 2.08. The molecule has 1 aromatic carbocycles. The molecule has 0 saturated heterocycles. The lowest BCUT2D eigenvalue weighted by atomic mass is 10.2. The minimum atomic E-state index is 0.627. The zero-order chi connectivity index (χ0) is 14.5. The average molecular weight is 272 g/mol. The summed E-state index contributed by atoms with van der Waals surface area (Å²) in [6.07, 6.45) is 1.83. The van der Waals surface area contributed by atoms with Gasteiger partial charge >= 0.3 is 0 Å². The van der Waals surface area contributed by atoms with E-state index in [4.69, 9.17) is 4.74 Å². The van der Waals surface area contributed by atoms with Gasteiger partial charge in [-0.25, -0.2) is 4.98 Å². The van der Waals surface area contributed by atoms with Gasteiger partial charge < -0.3 is 15.0 Å². The molecule has 0 amide bonds. The number of rotatable bonds is 5. The van der Waals surface area contributed by atoms with E-state index in [2.05, 4.69) is 15.3 Å². The number of aromatic nitrogens is 2. The summed E-state index contributed by atoms with van der Waals surface area (Å²) < 4.78 is 5.21. The molecule has 0 aliphatic carbocycles. The molecule has 2 aromatic rings. The molecule has 0 saturated carbocycles. The molecule has 106 valence electrons. The predicted molar refractivity (Wildman–Crippen MR) is 81.4 cm³/mol. The molecule has 0 atom stereocenters. The first kappa shape index (κ1) is 14.1. The second kappa shape index (κ2) is 6.23. The van der Waals surface area contributed by atoms with Crippen LogP contribution in [0.2, 0.25) is 0 Å². The number of hydrogen-bond donors (Lipinski definition) is 1. The third-order valence-corrected chi connectivity index (χ3v) is 2.95. The standard InChI is InChI=1S/C15H20N4O/c1-11-9-16-15(18-14(11)19(2)3)17-10-12-6-5-7-13(8-12)20-4/h5-9H,10H2,1-4H3,(H,16,17,18). The van der Waals surface area contributed by atoms with Gasteiger partial charge in [0.25, 0.3) is 0 Å². The van der Waals surface area contributed by atoms with Crippen molar-refractivity contribution in [2.45, 2.75) is 13.5 Å². The fourth-order valence-electron chi connectivity index (χ4n) is 1.93. The van der Waals surface area contributed by atoms with Crippen molar-refractivity contribution in [1.82, 2.24) is 9.97 Å². The molecule has 0 aliphatic rings. The summed E-state index contributed by atoms with van der Waals surface area (Å²) in [5.74, 6) is 2.40. The van der Waals surface area contributed by atoms with Crippen LogP contribution in [0.1, 0.15) is 11.1 Å². The summed E-state index contributed by atoms with van der Waals surface area (Å²) in [5.41, 5.74) is 2.18. The van der Waals surface area contributed by atoms with Crippen LogP contribution in [0.15, 0.2) is 30.5 Å². The van der Waals surface area contributed by atoms with E-state index in [1.54, 1.807) is 7.11 Å². The van der Waals surface area contributed by atoms with Gasteiger partial charge in [-0.05, 0) is 24.6 Å². The molecule has 0 unspecified atom stereocenters. The molecular weight excluding hydrogens is 252 g/mol. The molecule has 5 heteroatoms. The highest BCUT2D eigenvalue weighted by molar-refractivity contribution is 5.47. The number of anilines is 2. The van der Waals surface area contributed by atoms with Crippen molar-refractivity contribution in [1.29, 1.82) is 0 Å². The minimum Gasteiger partial charge on any atom is -0.497 e. The summed E-state index contributed by atoms with van der Waals surface area (Å²) in [6.45, 7) is 2.66. The lowest BCUT2D eigenvalue weighted by Gasteiger charge is -2.15. The molecule has 0 fully saturated rings. The van der Waals surface area contributed by atoms with E-state index < -0.39 is 0 Å². The van der Waals surface area contributed by atoms with Crippen LogP contribution in [0.3, 0.4) is 0 Å². The van der Waals surface area contributed by atoms with Gasteiger partial charge in [-0.2, -0.15) is 4.98 Å². The minimum absolute atomic E-state index is 0.627. The van der Waals surface area contributed by atoms with Crippen LogP contribution in [-0.4, -0.2) is 31.2 Å². The Bertz CT molecular complexity index is 584. The predicted octanol–water partition coefficient (Wildman–Crippen LogP) is 2.47. The zero-order valence-electron chi connectivity index (χ0n) is 12.3. The highest BCUT2D eigenvalue weighted by Crippen LogP contribution is 2.17. The summed E-state index contributed by atoms with van der Waals surface area (Å²) in [6, 6.07) is 7.93. The van der Waals surface area contributed by atoms with Crippen LogP contribution in [0.5, 0.6) is 5.75 Å². The third kappa shape index (κ3) is 3.38. The van der Waals surface area contributed by atoms with Crippen molar-refractivity contribution in [3.63, 3.8) is 0 Å². The zero-order valence-corrected chi connectivity index (χ0v) is 12.3. The molecule has 1 aromatic heterocycles. The van der Waals surface area contributed by atoms with E-state index in [1.165, 1.54) is 0 Å². The van der Waals surface area contributed by atoms with Crippen molar-refractivity contribution in [3.05, 3.63) is 41.6 Å². The Labute approximate surface area is 119 Å². The van der Waals surface area contributed by atoms with Crippen molar-refractivity contribution in [3.8, 4) is 5.75 Å².